The molecule has 0 amide bonds. The van der Waals surface area contributed by atoms with Crippen molar-refractivity contribution in [2.24, 2.45) is 5.92 Å². The van der Waals surface area contributed by atoms with Crippen LogP contribution in [0.1, 0.15) is 43.4 Å². The van der Waals surface area contributed by atoms with Gasteiger partial charge in [-0.2, -0.15) is 0 Å². The van der Waals surface area contributed by atoms with Gasteiger partial charge in [0.2, 0.25) is 0 Å². The Balaban J connectivity index is 1.59. The van der Waals surface area contributed by atoms with E-state index >= 15 is 0 Å². The van der Waals surface area contributed by atoms with Crippen LogP contribution in [0.5, 0.6) is 0 Å². The largest absolute Gasteiger partial charge is 0.360 e. The second-order valence-corrected chi connectivity index (χ2v) is 6.92. The fraction of sp³-hybridized carbons (Fsp3) is 0.500. The van der Waals surface area contributed by atoms with Gasteiger partial charge in [0.15, 0.2) is 0 Å². The molecule has 2 aromatic rings. The number of hydrogen-bond acceptors (Lipinski definition) is 1. The van der Waals surface area contributed by atoms with Gasteiger partial charge in [-0.3, -0.25) is 0 Å². The quantitative estimate of drug-likeness (QED) is 0.834. The molecule has 1 aliphatic carbocycles. The first-order chi connectivity index (χ1) is 10.3. The number of para-hydroxylation sites is 1. The van der Waals surface area contributed by atoms with E-state index in [0.717, 1.165) is 30.4 Å². The van der Waals surface area contributed by atoms with Crippen molar-refractivity contribution in [3.63, 3.8) is 0 Å². The molecule has 2 heterocycles. The van der Waals surface area contributed by atoms with E-state index in [-0.39, 0.29) is 0 Å². The molecule has 0 unspecified atom stereocenters. The van der Waals surface area contributed by atoms with Crippen LogP contribution in [0.2, 0.25) is 0 Å². The van der Waals surface area contributed by atoms with Gasteiger partial charge in [-0.25, -0.2) is 0 Å². The molecule has 0 spiro atoms. The summed E-state index contributed by atoms with van der Waals surface area (Å²) in [6.45, 7) is 2.25. The first-order valence-electron chi connectivity index (χ1n) is 8.22. The van der Waals surface area contributed by atoms with Gasteiger partial charge in [0.05, 0.1) is 5.69 Å². The van der Waals surface area contributed by atoms with Crippen LogP contribution in [0, 0.1) is 5.92 Å². The van der Waals surface area contributed by atoms with Crippen LogP contribution in [-0.2, 0) is 6.42 Å². The van der Waals surface area contributed by atoms with Gasteiger partial charge in [-0.15, -0.1) is 0 Å². The molecule has 2 aliphatic rings. The molecule has 1 N–H and O–H groups in total. The summed E-state index contributed by atoms with van der Waals surface area (Å²) in [5, 5.41) is 1.35. The molecule has 2 nitrogen and oxygen atoms in total. The number of aromatic nitrogens is 1. The van der Waals surface area contributed by atoms with Gasteiger partial charge in [-0.1, -0.05) is 49.7 Å². The van der Waals surface area contributed by atoms with E-state index in [1.165, 1.54) is 54.3 Å². The summed E-state index contributed by atoms with van der Waals surface area (Å²) < 4.78 is 0. The second kappa shape index (κ2) is 5.45. The summed E-state index contributed by atoms with van der Waals surface area (Å²) in [4.78, 5) is 7.04. The van der Waals surface area contributed by atoms with E-state index in [1.54, 1.807) is 0 Å². The number of benzene rings is 1. The first-order valence-corrected chi connectivity index (χ1v) is 8.62. The fourth-order valence-electron chi connectivity index (χ4n) is 4.00. The van der Waals surface area contributed by atoms with Crippen molar-refractivity contribution >= 4 is 28.1 Å². The van der Waals surface area contributed by atoms with Crippen LogP contribution in [0.3, 0.4) is 0 Å². The molecule has 1 aromatic heterocycles. The number of aromatic amines is 1. The Bertz CT molecular complexity index is 667. The Morgan fingerprint density at radius 3 is 2.81 bits per heavy atom. The number of thiocarbonyl (C=S) groups is 1. The van der Waals surface area contributed by atoms with Crippen molar-refractivity contribution in [2.45, 2.75) is 38.5 Å². The number of nitrogens with zero attached hydrogens (tertiary/aromatic N) is 1. The minimum Gasteiger partial charge on any atom is -0.360 e. The average Bonchev–Trinajstić information content (AvgIpc) is 2.91. The third-order valence-corrected chi connectivity index (χ3v) is 5.61. The van der Waals surface area contributed by atoms with Crippen molar-refractivity contribution in [3.05, 3.63) is 35.5 Å². The molecule has 0 bridgehead atoms. The number of hydrogen-bond donors (Lipinski definition) is 1. The van der Waals surface area contributed by atoms with Gasteiger partial charge in [0, 0.05) is 24.0 Å². The van der Waals surface area contributed by atoms with Gasteiger partial charge in [-0.05, 0) is 36.8 Å². The van der Waals surface area contributed by atoms with E-state index in [2.05, 4.69) is 34.1 Å². The topological polar surface area (TPSA) is 19.0 Å². The third kappa shape index (κ3) is 2.38. The molecule has 1 saturated carbocycles. The highest BCUT2D eigenvalue weighted by Crippen LogP contribution is 2.30. The highest BCUT2D eigenvalue weighted by Gasteiger charge is 2.26. The number of fused-ring (bicyclic) bond motifs is 3. The van der Waals surface area contributed by atoms with Crippen LogP contribution in [0.25, 0.3) is 10.9 Å². The second-order valence-electron chi connectivity index (χ2n) is 6.53. The van der Waals surface area contributed by atoms with Gasteiger partial charge >= 0.3 is 0 Å². The third-order valence-electron chi connectivity index (χ3n) is 5.15. The molecule has 110 valence electrons. The molecule has 0 saturated heterocycles. The number of rotatable bonds is 2. The summed E-state index contributed by atoms with van der Waals surface area (Å²) in [5.74, 6) is 0.850. The van der Waals surface area contributed by atoms with E-state index in [9.17, 15) is 0 Å². The maximum atomic E-state index is 5.79. The summed E-state index contributed by atoms with van der Waals surface area (Å²) >= 11 is 5.79. The predicted octanol–water partition coefficient (Wildman–Crippen LogP) is 4.28. The molecular formula is C18H22N2S. The maximum Gasteiger partial charge on any atom is 0.126 e. The van der Waals surface area contributed by atoms with Crippen LogP contribution in [0.15, 0.2) is 24.3 Å². The van der Waals surface area contributed by atoms with Crippen molar-refractivity contribution in [1.29, 1.82) is 0 Å². The van der Waals surface area contributed by atoms with Crippen molar-refractivity contribution in [3.8, 4) is 0 Å². The van der Waals surface area contributed by atoms with Crippen LogP contribution in [-0.4, -0.2) is 28.0 Å². The normalized spacial score (nSPS) is 20.0. The highest BCUT2D eigenvalue weighted by molar-refractivity contribution is 7.80. The lowest BCUT2D eigenvalue weighted by Gasteiger charge is -2.34. The monoisotopic (exact) mass is 298 g/mol. The standard InChI is InChI=1S/C18H22N2S/c21-18-17-15(14-8-4-5-9-16(14)19-17)10-11-20(18)12-13-6-2-1-3-7-13/h4-5,8-9,13,19H,1-3,6-7,10-12H2. The summed E-state index contributed by atoms with van der Waals surface area (Å²) in [6.07, 6.45) is 8.13. The number of H-pyrrole nitrogens is 1. The van der Waals surface area contributed by atoms with Crippen LogP contribution >= 0.6 is 12.2 Å². The van der Waals surface area contributed by atoms with Crippen molar-refractivity contribution in [2.75, 3.05) is 13.1 Å². The van der Waals surface area contributed by atoms with Gasteiger partial charge in [0.1, 0.15) is 4.99 Å². The molecule has 21 heavy (non-hydrogen) atoms. The molecule has 1 aliphatic heterocycles. The minimum absolute atomic E-state index is 0.850. The van der Waals surface area contributed by atoms with Crippen molar-refractivity contribution < 1.29 is 0 Å². The lowest BCUT2D eigenvalue weighted by atomic mass is 9.88. The Morgan fingerprint density at radius 2 is 1.95 bits per heavy atom. The molecular weight excluding hydrogens is 276 g/mol. The Morgan fingerprint density at radius 1 is 1.14 bits per heavy atom. The van der Waals surface area contributed by atoms with E-state index in [4.69, 9.17) is 12.2 Å². The molecule has 1 fully saturated rings. The Kier molecular flexibility index (Phi) is 3.46. The van der Waals surface area contributed by atoms with Gasteiger partial charge < -0.3 is 9.88 Å². The lowest BCUT2D eigenvalue weighted by Crippen LogP contribution is -2.40. The van der Waals surface area contributed by atoms with E-state index in [1.807, 2.05) is 0 Å². The van der Waals surface area contributed by atoms with Crippen LogP contribution < -0.4 is 0 Å². The average molecular weight is 298 g/mol. The van der Waals surface area contributed by atoms with E-state index < -0.39 is 0 Å². The fourth-order valence-corrected chi connectivity index (χ4v) is 4.34. The lowest BCUT2D eigenvalue weighted by molar-refractivity contribution is 0.274. The molecule has 4 rings (SSSR count). The predicted molar refractivity (Wildman–Crippen MR) is 91.9 cm³/mol. The van der Waals surface area contributed by atoms with Crippen LogP contribution in [0.4, 0.5) is 0 Å². The Hall–Kier alpha value is -1.35. The van der Waals surface area contributed by atoms with Gasteiger partial charge in [0.25, 0.3) is 0 Å². The summed E-state index contributed by atoms with van der Waals surface area (Å²) in [5.41, 5.74) is 3.85. The van der Waals surface area contributed by atoms with Crippen molar-refractivity contribution in [1.82, 2.24) is 9.88 Å². The SMILES string of the molecule is S=C1c2[nH]c3ccccc3c2CCN1CC1CCCCC1. The molecule has 3 heteroatoms. The number of nitrogens with one attached hydrogen (secondary N) is 1. The maximum absolute atomic E-state index is 5.79. The molecule has 0 radical (unpaired) electrons. The smallest absolute Gasteiger partial charge is 0.126 e. The summed E-state index contributed by atoms with van der Waals surface area (Å²) in [6, 6.07) is 8.58. The highest BCUT2D eigenvalue weighted by atomic mass is 32.1. The molecule has 1 aromatic carbocycles. The molecule has 0 atom stereocenters. The zero-order chi connectivity index (χ0) is 14.2. The zero-order valence-electron chi connectivity index (χ0n) is 12.4. The zero-order valence-corrected chi connectivity index (χ0v) is 13.2. The van der Waals surface area contributed by atoms with E-state index in [0.29, 0.717) is 0 Å². The minimum atomic E-state index is 0.850. The first kappa shape index (κ1) is 13.3. The Labute approximate surface area is 131 Å². The summed E-state index contributed by atoms with van der Waals surface area (Å²) in [7, 11) is 0.